The average Bonchev–Trinajstić information content (AvgIpc) is 2.69. The molecule has 5 nitrogen and oxygen atoms in total. The minimum absolute atomic E-state index is 0.280. The summed E-state index contributed by atoms with van der Waals surface area (Å²) in [5.74, 6) is -1.40. The Hall–Kier alpha value is -2.11. The van der Waals surface area contributed by atoms with Crippen LogP contribution in [0, 0.1) is 5.92 Å². The number of aryl methyl sites for hydroxylation is 1. The fourth-order valence-corrected chi connectivity index (χ4v) is 3.79. The van der Waals surface area contributed by atoms with E-state index in [0.717, 1.165) is 24.2 Å². The zero-order valence-electron chi connectivity index (χ0n) is 12.4. The molecule has 2 aliphatic heterocycles. The van der Waals surface area contributed by atoms with Crippen molar-refractivity contribution in [3.63, 3.8) is 0 Å². The van der Waals surface area contributed by atoms with Gasteiger partial charge in [-0.1, -0.05) is 30.4 Å². The highest BCUT2D eigenvalue weighted by molar-refractivity contribution is 5.86. The first-order valence-electron chi connectivity index (χ1n) is 7.53. The molecule has 114 valence electrons. The fraction of sp³-hybridized carbons (Fsp3) is 0.353. The van der Waals surface area contributed by atoms with Gasteiger partial charge >= 0.3 is 5.97 Å². The average molecular weight is 298 g/mol. The van der Waals surface area contributed by atoms with Crippen LogP contribution < -0.4 is 0 Å². The van der Waals surface area contributed by atoms with Gasteiger partial charge in [0.2, 0.25) is 0 Å². The highest BCUT2D eigenvalue weighted by Crippen LogP contribution is 2.41. The van der Waals surface area contributed by atoms with Gasteiger partial charge in [0.1, 0.15) is 0 Å². The summed E-state index contributed by atoms with van der Waals surface area (Å²) in [6, 6.07) is 7.97. The van der Waals surface area contributed by atoms with Crippen LogP contribution in [0.5, 0.6) is 0 Å². The van der Waals surface area contributed by atoms with Crippen molar-refractivity contribution < 1.29 is 14.7 Å². The third kappa shape index (κ3) is 1.82. The van der Waals surface area contributed by atoms with E-state index in [0.29, 0.717) is 6.61 Å². The molecule has 0 radical (unpaired) electrons. The molecule has 2 aliphatic rings. The molecule has 1 aromatic heterocycles. The van der Waals surface area contributed by atoms with Crippen molar-refractivity contribution in [1.29, 1.82) is 0 Å². The van der Waals surface area contributed by atoms with Gasteiger partial charge in [-0.25, -0.2) is 0 Å². The van der Waals surface area contributed by atoms with Gasteiger partial charge in [-0.2, -0.15) is 5.06 Å². The van der Waals surface area contributed by atoms with Crippen LogP contribution in [0.4, 0.5) is 0 Å². The number of benzene rings is 1. The molecule has 2 aromatic rings. The molecule has 0 bridgehead atoms. The SMILES string of the molecule is Cn1c2c(c3ccccc31)CCN1OCC=CC(C(=O)O)C21. The number of fused-ring (bicyclic) bond motifs is 5. The van der Waals surface area contributed by atoms with Crippen molar-refractivity contribution >= 4 is 16.9 Å². The van der Waals surface area contributed by atoms with Crippen molar-refractivity contribution in [3.05, 3.63) is 47.7 Å². The molecular formula is C17H18N2O3. The molecule has 5 heteroatoms. The van der Waals surface area contributed by atoms with Crippen LogP contribution in [-0.4, -0.2) is 33.9 Å². The Kier molecular flexibility index (Phi) is 3.06. The third-order valence-electron chi connectivity index (χ3n) is 4.74. The molecular weight excluding hydrogens is 280 g/mol. The van der Waals surface area contributed by atoms with Gasteiger partial charge in [0.05, 0.1) is 18.6 Å². The number of carboxylic acid groups (broad SMARTS) is 1. The van der Waals surface area contributed by atoms with E-state index in [1.807, 2.05) is 24.2 Å². The lowest BCUT2D eigenvalue weighted by atomic mass is 9.89. The fourth-order valence-electron chi connectivity index (χ4n) is 3.79. The van der Waals surface area contributed by atoms with Gasteiger partial charge in [-0.3, -0.25) is 9.63 Å². The van der Waals surface area contributed by atoms with E-state index in [-0.39, 0.29) is 6.04 Å². The number of rotatable bonds is 1. The molecule has 4 rings (SSSR count). The molecule has 3 heterocycles. The van der Waals surface area contributed by atoms with E-state index in [1.165, 1.54) is 10.9 Å². The number of hydrogen-bond acceptors (Lipinski definition) is 3. The molecule has 2 unspecified atom stereocenters. The first-order chi connectivity index (χ1) is 10.7. The Bertz CT molecular complexity index is 778. The monoisotopic (exact) mass is 298 g/mol. The van der Waals surface area contributed by atoms with Gasteiger partial charge in [0, 0.05) is 30.2 Å². The van der Waals surface area contributed by atoms with Crippen LogP contribution in [0.3, 0.4) is 0 Å². The summed E-state index contributed by atoms with van der Waals surface area (Å²) in [4.78, 5) is 17.5. The van der Waals surface area contributed by atoms with Gasteiger partial charge in [0.15, 0.2) is 0 Å². The van der Waals surface area contributed by atoms with E-state index in [9.17, 15) is 9.90 Å². The minimum Gasteiger partial charge on any atom is -0.481 e. The Labute approximate surface area is 128 Å². The second-order valence-corrected chi connectivity index (χ2v) is 5.86. The first kappa shape index (κ1) is 13.5. The zero-order valence-corrected chi connectivity index (χ0v) is 12.4. The number of aliphatic carboxylic acids is 1. The number of carbonyl (C=O) groups is 1. The van der Waals surface area contributed by atoms with Gasteiger partial charge < -0.3 is 9.67 Å². The summed E-state index contributed by atoms with van der Waals surface area (Å²) >= 11 is 0. The van der Waals surface area contributed by atoms with E-state index >= 15 is 0 Å². The van der Waals surface area contributed by atoms with Crippen molar-refractivity contribution in [1.82, 2.24) is 9.63 Å². The van der Waals surface area contributed by atoms with E-state index in [2.05, 4.69) is 16.7 Å². The lowest BCUT2D eigenvalue weighted by Crippen LogP contribution is -2.41. The molecule has 22 heavy (non-hydrogen) atoms. The quantitative estimate of drug-likeness (QED) is 0.821. The van der Waals surface area contributed by atoms with Crippen LogP contribution in [0.2, 0.25) is 0 Å². The van der Waals surface area contributed by atoms with Crippen LogP contribution in [0.1, 0.15) is 17.3 Å². The largest absolute Gasteiger partial charge is 0.481 e. The van der Waals surface area contributed by atoms with Crippen LogP contribution in [0.15, 0.2) is 36.4 Å². The molecule has 0 saturated heterocycles. The predicted octanol–water partition coefficient (Wildman–Crippen LogP) is 2.28. The normalized spacial score (nSPS) is 24.8. The lowest BCUT2D eigenvalue weighted by Gasteiger charge is -2.36. The number of nitrogens with zero attached hydrogens (tertiary/aromatic N) is 2. The van der Waals surface area contributed by atoms with Crippen LogP contribution in [0.25, 0.3) is 10.9 Å². The van der Waals surface area contributed by atoms with Crippen molar-refractivity contribution in [3.8, 4) is 0 Å². The van der Waals surface area contributed by atoms with Gasteiger partial charge in [-0.05, 0) is 18.1 Å². The first-order valence-corrected chi connectivity index (χ1v) is 7.53. The highest BCUT2D eigenvalue weighted by Gasteiger charge is 2.41. The van der Waals surface area contributed by atoms with Crippen molar-refractivity contribution in [2.24, 2.45) is 13.0 Å². The smallest absolute Gasteiger partial charge is 0.312 e. The third-order valence-corrected chi connectivity index (χ3v) is 4.74. The molecule has 1 aromatic carbocycles. The molecule has 2 atom stereocenters. The summed E-state index contributed by atoms with van der Waals surface area (Å²) in [7, 11) is 2.01. The Morgan fingerprint density at radius 3 is 3.00 bits per heavy atom. The van der Waals surface area contributed by atoms with E-state index in [4.69, 9.17) is 4.84 Å². The lowest BCUT2D eigenvalue weighted by molar-refractivity contribution is -0.193. The Morgan fingerprint density at radius 2 is 2.18 bits per heavy atom. The molecule has 0 spiro atoms. The summed E-state index contributed by atoms with van der Waals surface area (Å²) in [5, 5.41) is 12.7. The van der Waals surface area contributed by atoms with Crippen LogP contribution >= 0.6 is 0 Å². The topological polar surface area (TPSA) is 54.7 Å². The number of hydrogen-bond donors (Lipinski definition) is 1. The Morgan fingerprint density at radius 1 is 1.36 bits per heavy atom. The van der Waals surface area contributed by atoms with E-state index < -0.39 is 11.9 Å². The van der Waals surface area contributed by atoms with Crippen molar-refractivity contribution in [2.75, 3.05) is 13.2 Å². The van der Waals surface area contributed by atoms with Gasteiger partial charge in [0.25, 0.3) is 0 Å². The number of aromatic nitrogens is 1. The maximum Gasteiger partial charge on any atom is 0.312 e. The molecule has 1 N–H and O–H groups in total. The molecule has 0 amide bonds. The molecule has 0 saturated carbocycles. The number of carboxylic acids is 1. The molecule has 0 aliphatic carbocycles. The summed E-state index contributed by atoms with van der Waals surface area (Å²) in [6.07, 6.45) is 4.44. The van der Waals surface area contributed by atoms with Crippen LogP contribution in [-0.2, 0) is 23.1 Å². The Balaban J connectivity index is 1.96. The molecule has 0 fully saturated rings. The summed E-state index contributed by atoms with van der Waals surface area (Å²) in [6.45, 7) is 1.15. The zero-order chi connectivity index (χ0) is 15.3. The second kappa shape index (κ2) is 4.97. The minimum atomic E-state index is -0.810. The maximum absolute atomic E-state index is 11.8. The summed E-state index contributed by atoms with van der Waals surface area (Å²) in [5.41, 5.74) is 3.46. The van der Waals surface area contributed by atoms with Gasteiger partial charge in [-0.15, -0.1) is 0 Å². The van der Waals surface area contributed by atoms with Crippen molar-refractivity contribution in [2.45, 2.75) is 12.5 Å². The second-order valence-electron chi connectivity index (χ2n) is 5.86. The predicted molar refractivity (Wildman–Crippen MR) is 82.3 cm³/mol. The number of hydroxylamine groups is 2. The standard InChI is InChI=1S/C17H18N2O3/c1-18-14-7-3-2-5-11(14)12-8-9-19-16(15(12)18)13(17(20)21)6-4-10-22-19/h2-7,13,16H,8-10H2,1H3,(H,20,21). The summed E-state index contributed by atoms with van der Waals surface area (Å²) < 4.78 is 2.12. The maximum atomic E-state index is 11.8. The highest BCUT2D eigenvalue weighted by atomic mass is 16.7. The van der Waals surface area contributed by atoms with E-state index in [1.54, 1.807) is 12.2 Å². The number of para-hydroxylation sites is 1.